The molecule has 2 heterocycles. The van der Waals surface area contributed by atoms with Crippen LogP contribution in [0.4, 0.5) is 0 Å². The third-order valence-corrected chi connectivity index (χ3v) is 2.44. The highest BCUT2D eigenvalue weighted by Crippen LogP contribution is 2.13. The summed E-state index contributed by atoms with van der Waals surface area (Å²) in [6.07, 6.45) is 3.83. The fourth-order valence-corrected chi connectivity index (χ4v) is 1.60. The van der Waals surface area contributed by atoms with Crippen molar-refractivity contribution in [3.8, 4) is 11.9 Å². The average molecular weight is 276 g/mol. The molecule has 94 valence electrons. The Kier molecular flexibility index (Phi) is 7.64. The van der Waals surface area contributed by atoms with E-state index in [1.807, 2.05) is 6.07 Å². The van der Waals surface area contributed by atoms with Gasteiger partial charge < -0.3 is 10.1 Å². The SMILES string of the molecule is Cl.Cl.N#Cc1ccc(OC2CCNCC2)nc1. The van der Waals surface area contributed by atoms with Gasteiger partial charge in [-0.15, -0.1) is 24.8 Å². The summed E-state index contributed by atoms with van der Waals surface area (Å²) in [4.78, 5) is 4.08. The van der Waals surface area contributed by atoms with Crippen molar-refractivity contribution in [1.82, 2.24) is 10.3 Å². The van der Waals surface area contributed by atoms with Crippen LogP contribution in [0, 0.1) is 11.3 Å². The normalized spacial score (nSPS) is 15.0. The molecule has 1 aliphatic heterocycles. The van der Waals surface area contributed by atoms with Gasteiger partial charge >= 0.3 is 0 Å². The monoisotopic (exact) mass is 275 g/mol. The van der Waals surface area contributed by atoms with E-state index in [4.69, 9.17) is 10.00 Å². The van der Waals surface area contributed by atoms with Gasteiger partial charge in [-0.1, -0.05) is 0 Å². The number of hydrogen-bond acceptors (Lipinski definition) is 4. The first-order chi connectivity index (χ1) is 7.38. The molecule has 1 aliphatic rings. The van der Waals surface area contributed by atoms with Crippen molar-refractivity contribution in [3.63, 3.8) is 0 Å². The average Bonchev–Trinajstić information content (AvgIpc) is 2.31. The molecule has 0 unspecified atom stereocenters. The van der Waals surface area contributed by atoms with Crippen molar-refractivity contribution in [2.75, 3.05) is 13.1 Å². The van der Waals surface area contributed by atoms with E-state index in [0.29, 0.717) is 11.4 Å². The number of nitriles is 1. The van der Waals surface area contributed by atoms with E-state index in [1.54, 1.807) is 12.1 Å². The second-order valence-corrected chi connectivity index (χ2v) is 3.56. The van der Waals surface area contributed by atoms with Crippen LogP contribution in [0.1, 0.15) is 18.4 Å². The van der Waals surface area contributed by atoms with Crippen LogP contribution >= 0.6 is 24.8 Å². The zero-order valence-electron chi connectivity index (χ0n) is 9.26. The van der Waals surface area contributed by atoms with Crippen LogP contribution in [0.5, 0.6) is 5.88 Å². The van der Waals surface area contributed by atoms with E-state index >= 15 is 0 Å². The van der Waals surface area contributed by atoms with Gasteiger partial charge in [0.15, 0.2) is 0 Å². The molecule has 0 spiro atoms. The second-order valence-electron chi connectivity index (χ2n) is 3.56. The van der Waals surface area contributed by atoms with Crippen LogP contribution in [0.3, 0.4) is 0 Å². The summed E-state index contributed by atoms with van der Waals surface area (Å²) in [7, 11) is 0. The van der Waals surface area contributed by atoms with Crippen molar-refractivity contribution < 1.29 is 4.74 Å². The van der Waals surface area contributed by atoms with Crippen LogP contribution in [0.15, 0.2) is 18.3 Å². The fourth-order valence-electron chi connectivity index (χ4n) is 1.60. The molecule has 0 atom stereocenters. The molecule has 0 aliphatic carbocycles. The number of nitrogens with one attached hydrogen (secondary N) is 1. The summed E-state index contributed by atoms with van der Waals surface area (Å²) in [5.74, 6) is 0.612. The zero-order valence-corrected chi connectivity index (χ0v) is 10.9. The van der Waals surface area contributed by atoms with Crippen LogP contribution in [-0.2, 0) is 0 Å². The molecule has 1 fully saturated rings. The molecule has 6 heteroatoms. The second kappa shape index (κ2) is 8.13. The predicted molar refractivity (Wildman–Crippen MR) is 70.0 cm³/mol. The van der Waals surface area contributed by atoms with Gasteiger partial charge in [-0.3, -0.25) is 0 Å². The lowest BCUT2D eigenvalue weighted by Crippen LogP contribution is -2.34. The zero-order chi connectivity index (χ0) is 10.5. The fraction of sp³-hybridized carbons (Fsp3) is 0.455. The van der Waals surface area contributed by atoms with Crippen LogP contribution in [0.25, 0.3) is 0 Å². The highest BCUT2D eigenvalue weighted by molar-refractivity contribution is 5.85. The molecular weight excluding hydrogens is 261 g/mol. The molecule has 1 saturated heterocycles. The standard InChI is InChI=1S/C11H13N3O.2ClH/c12-7-9-1-2-11(14-8-9)15-10-3-5-13-6-4-10;;/h1-2,8,10,13H,3-6H2;2*1H. The number of piperidine rings is 1. The lowest BCUT2D eigenvalue weighted by atomic mass is 10.1. The Morgan fingerprint density at radius 1 is 1.29 bits per heavy atom. The maximum Gasteiger partial charge on any atom is 0.213 e. The van der Waals surface area contributed by atoms with Gasteiger partial charge in [0.1, 0.15) is 12.2 Å². The van der Waals surface area contributed by atoms with Gasteiger partial charge in [-0.25, -0.2) is 4.98 Å². The van der Waals surface area contributed by atoms with Crippen LogP contribution in [-0.4, -0.2) is 24.2 Å². The molecule has 1 aromatic rings. The quantitative estimate of drug-likeness (QED) is 0.896. The summed E-state index contributed by atoms with van der Waals surface area (Å²) < 4.78 is 5.69. The maximum absolute atomic E-state index is 8.61. The minimum atomic E-state index is 0. The largest absolute Gasteiger partial charge is 0.474 e. The lowest BCUT2D eigenvalue weighted by Gasteiger charge is -2.23. The van der Waals surface area contributed by atoms with Gasteiger partial charge in [0.2, 0.25) is 5.88 Å². The Morgan fingerprint density at radius 2 is 2.00 bits per heavy atom. The molecule has 0 amide bonds. The topological polar surface area (TPSA) is 57.9 Å². The van der Waals surface area contributed by atoms with Gasteiger partial charge in [0.05, 0.1) is 5.56 Å². The molecule has 0 saturated carbocycles. The Balaban J connectivity index is 0.00000128. The number of ether oxygens (including phenoxy) is 1. The first-order valence-electron chi connectivity index (χ1n) is 5.12. The Hall–Kier alpha value is -1.02. The Bertz CT molecular complexity index is 358. The Morgan fingerprint density at radius 3 is 2.53 bits per heavy atom. The molecule has 0 radical (unpaired) electrons. The highest BCUT2D eigenvalue weighted by atomic mass is 35.5. The van der Waals surface area contributed by atoms with E-state index in [9.17, 15) is 0 Å². The summed E-state index contributed by atoms with van der Waals surface area (Å²) in [6.45, 7) is 2.00. The predicted octanol–water partition coefficient (Wildman–Crippen LogP) is 1.93. The van der Waals surface area contributed by atoms with Crippen LogP contribution in [0.2, 0.25) is 0 Å². The van der Waals surface area contributed by atoms with Gasteiger partial charge in [0, 0.05) is 12.3 Å². The first kappa shape index (κ1) is 16.0. The summed E-state index contributed by atoms with van der Waals surface area (Å²) in [6, 6.07) is 5.51. The lowest BCUT2D eigenvalue weighted by molar-refractivity contribution is 0.156. The molecule has 1 N–H and O–H groups in total. The molecule has 0 aromatic carbocycles. The van der Waals surface area contributed by atoms with E-state index < -0.39 is 0 Å². The number of aromatic nitrogens is 1. The Labute approximate surface area is 113 Å². The molecule has 17 heavy (non-hydrogen) atoms. The highest BCUT2D eigenvalue weighted by Gasteiger charge is 2.14. The van der Waals surface area contributed by atoms with Crippen molar-refractivity contribution in [3.05, 3.63) is 23.9 Å². The third-order valence-electron chi connectivity index (χ3n) is 2.44. The van der Waals surface area contributed by atoms with E-state index in [2.05, 4.69) is 10.3 Å². The first-order valence-corrected chi connectivity index (χ1v) is 5.12. The number of nitrogens with zero attached hydrogens (tertiary/aromatic N) is 2. The molecule has 2 rings (SSSR count). The van der Waals surface area contributed by atoms with E-state index in [-0.39, 0.29) is 30.9 Å². The van der Waals surface area contributed by atoms with E-state index in [0.717, 1.165) is 25.9 Å². The number of pyridine rings is 1. The van der Waals surface area contributed by atoms with Gasteiger partial charge in [-0.2, -0.15) is 5.26 Å². The maximum atomic E-state index is 8.61. The summed E-state index contributed by atoms with van der Waals surface area (Å²) in [5, 5.41) is 11.9. The van der Waals surface area contributed by atoms with E-state index in [1.165, 1.54) is 6.20 Å². The molecule has 1 aromatic heterocycles. The number of halogens is 2. The number of rotatable bonds is 2. The van der Waals surface area contributed by atoms with Gasteiger partial charge in [0.25, 0.3) is 0 Å². The smallest absolute Gasteiger partial charge is 0.213 e. The van der Waals surface area contributed by atoms with Crippen LogP contribution < -0.4 is 10.1 Å². The van der Waals surface area contributed by atoms with Crippen molar-refractivity contribution in [2.45, 2.75) is 18.9 Å². The minimum absolute atomic E-state index is 0. The van der Waals surface area contributed by atoms with Crippen molar-refractivity contribution in [1.29, 1.82) is 5.26 Å². The molecular formula is C11H15Cl2N3O. The van der Waals surface area contributed by atoms with Crippen molar-refractivity contribution in [2.24, 2.45) is 0 Å². The molecule has 4 nitrogen and oxygen atoms in total. The molecule has 0 bridgehead atoms. The summed E-state index contributed by atoms with van der Waals surface area (Å²) in [5.41, 5.74) is 0.563. The number of hydrogen-bond donors (Lipinski definition) is 1. The third kappa shape index (κ3) is 4.78. The minimum Gasteiger partial charge on any atom is -0.474 e. The summed E-state index contributed by atoms with van der Waals surface area (Å²) >= 11 is 0. The van der Waals surface area contributed by atoms with Crippen molar-refractivity contribution >= 4 is 24.8 Å². The van der Waals surface area contributed by atoms with Gasteiger partial charge in [-0.05, 0) is 32.0 Å².